The SMILES string of the molecule is CCOC(=O)N1CCN(c2cnc(C(=O)NC(C)c3ccccc3)cn2)CC1. The standard InChI is InChI=1S/C20H25N5O3/c1-3-28-20(27)25-11-9-24(10-12-25)18-14-21-17(13-22-18)19(26)23-15(2)16-7-5-4-6-8-16/h4-8,13-15H,3,9-12H2,1-2H3,(H,23,26). The van der Waals surface area contributed by atoms with Crippen LogP contribution in [0, 0.1) is 0 Å². The molecule has 28 heavy (non-hydrogen) atoms. The van der Waals surface area contributed by atoms with Crippen LogP contribution in [0.15, 0.2) is 42.7 Å². The molecule has 1 fully saturated rings. The van der Waals surface area contributed by atoms with Crippen LogP contribution in [0.25, 0.3) is 0 Å². The first-order valence-corrected chi connectivity index (χ1v) is 9.43. The number of ether oxygens (including phenoxy) is 1. The molecule has 3 rings (SSSR count). The number of rotatable bonds is 5. The molecule has 8 heteroatoms. The molecule has 1 aliphatic rings. The number of anilines is 1. The van der Waals surface area contributed by atoms with Crippen LogP contribution in [0.1, 0.15) is 35.9 Å². The van der Waals surface area contributed by atoms with Crippen molar-refractivity contribution in [2.75, 3.05) is 37.7 Å². The summed E-state index contributed by atoms with van der Waals surface area (Å²) in [6.07, 6.45) is 2.80. The predicted molar refractivity (Wildman–Crippen MR) is 105 cm³/mol. The zero-order valence-electron chi connectivity index (χ0n) is 16.2. The highest BCUT2D eigenvalue weighted by Gasteiger charge is 2.23. The average molecular weight is 383 g/mol. The molecule has 1 saturated heterocycles. The minimum atomic E-state index is -0.284. The number of nitrogens with zero attached hydrogens (tertiary/aromatic N) is 4. The van der Waals surface area contributed by atoms with Gasteiger partial charge in [-0.2, -0.15) is 0 Å². The van der Waals surface area contributed by atoms with Crippen molar-refractivity contribution >= 4 is 17.8 Å². The summed E-state index contributed by atoms with van der Waals surface area (Å²) in [5.74, 6) is 0.429. The van der Waals surface area contributed by atoms with Crippen molar-refractivity contribution < 1.29 is 14.3 Å². The summed E-state index contributed by atoms with van der Waals surface area (Å²) >= 11 is 0. The molecule has 2 amide bonds. The highest BCUT2D eigenvalue weighted by molar-refractivity contribution is 5.92. The van der Waals surface area contributed by atoms with Gasteiger partial charge in [0.15, 0.2) is 0 Å². The Labute approximate surface area is 164 Å². The summed E-state index contributed by atoms with van der Waals surface area (Å²) in [5, 5.41) is 2.93. The molecule has 1 aromatic carbocycles. The number of benzene rings is 1. The van der Waals surface area contributed by atoms with E-state index in [9.17, 15) is 9.59 Å². The van der Waals surface area contributed by atoms with Gasteiger partial charge in [-0.05, 0) is 19.4 Å². The van der Waals surface area contributed by atoms with E-state index in [1.807, 2.05) is 42.2 Å². The van der Waals surface area contributed by atoms with Crippen LogP contribution >= 0.6 is 0 Å². The van der Waals surface area contributed by atoms with E-state index in [0.29, 0.717) is 38.6 Å². The van der Waals surface area contributed by atoms with Crippen molar-refractivity contribution in [2.45, 2.75) is 19.9 Å². The van der Waals surface area contributed by atoms with Gasteiger partial charge in [-0.25, -0.2) is 14.8 Å². The molecule has 1 atom stereocenters. The van der Waals surface area contributed by atoms with Crippen molar-refractivity contribution in [2.24, 2.45) is 0 Å². The van der Waals surface area contributed by atoms with Gasteiger partial charge in [-0.1, -0.05) is 30.3 Å². The van der Waals surface area contributed by atoms with E-state index in [0.717, 1.165) is 5.56 Å². The number of nitrogens with one attached hydrogen (secondary N) is 1. The van der Waals surface area contributed by atoms with Crippen LogP contribution in [-0.2, 0) is 4.74 Å². The van der Waals surface area contributed by atoms with E-state index < -0.39 is 0 Å². The fraction of sp³-hybridized carbons (Fsp3) is 0.400. The zero-order valence-corrected chi connectivity index (χ0v) is 16.2. The first-order chi connectivity index (χ1) is 13.6. The highest BCUT2D eigenvalue weighted by Crippen LogP contribution is 2.15. The third kappa shape index (κ3) is 4.76. The Kier molecular flexibility index (Phi) is 6.41. The summed E-state index contributed by atoms with van der Waals surface area (Å²) in [6.45, 7) is 6.51. The van der Waals surface area contributed by atoms with Crippen LogP contribution in [0.2, 0.25) is 0 Å². The molecule has 2 aromatic rings. The van der Waals surface area contributed by atoms with E-state index in [2.05, 4.69) is 15.3 Å². The molecule has 2 heterocycles. The Bertz CT molecular complexity index is 789. The lowest BCUT2D eigenvalue weighted by Crippen LogP contribution is -2.49. The lowest BCUT2D eigenvalue weighted by atomic mass is 10.1. The fourth-order valence-corrected chi connectivity index (χ4v) is 3.03. The first kappa shape index (κ1) is 19.6. The normalized spacial score (nSPS) is 15.1. The quantitative estimate of drug-likeness (QED) is 0.852. The maximum absolute atomic E-state index is 12.4. The summed E-state index contributed by atoms with van der Waals surface area (Å²) in [4.78, 5) is 36.5. The van der Waals surface area contributed by atoms with Gasteiger partial charge in [0.1, 0.15) is 11.5 Å². The van der Waals surface area contributed by atoms with Gasteiger partial charge in [0, 0.05) is 26.2 Å². The summed E-state index contributed by atoms with van der Waals surface area (Å²) in [7, 11) is 0. The average Bonchev–Trinajstić information content (AvgIpc) is 2.74. The molecule has 8 nitrogen and oxygen atoms in total. The van der Waals surface area contributed by atoms with Crippen LogP contribution < -0.4 is 10.2 Å². The largest absolute Gasteiger partial charge is 0.450 e. The summed E-state index contributed by atoms with van der Waals surface area (Å²) in [6, 6.07) is 9.63. The van der Waals surface area contributed by atoms with Gasteiger partial charge in [0.05, 0.1) is 25.0 Å². The molecule has 0 aliphatic carbocycles. The third-order valence-electron chi connectivity index (χ3n) is 4.65. The second-order valence-corrected chi connectivity index (χ2v) is 6.54. The Balaban J connectivity index is 1.55. The number of aromatic nitrogens is 2. The van der Waals surface area contributed by atoms with Gasteiger partial charge in [-0.15, -0.1) is 0 Å². The number of hydrogen-bond acceptors (Lipinski definition) is 6. The topological polar surface area (TPSA) is 87.7 Å². The van der Waals surface area contributed by atoms with Gasteiger partial charge in [0.2, 0.25) is 0 Å². The molecule has 1 aromatic heterocycles. The van der Waals surface area contributed by atoms with Crippen LogP contribution in [0.5, 0.6) is 0 Å². The smallest absolute Gasteiger partial charge is 0.409 e. The minimum absolute atomic E-state index is 0.119. The number of amides is 2. The second kappa shape index (κ2) is 9.16. The molecule has 148 valence electrons. The molecule has 1 aliphatic heterocycles. The van der Waals surface area contributed by atoms with Crippen molar-refractivity contribution in [3.8, 4) is 0 Å². The van der Waals surface area contributed by atoms with E-state index in [1.165, 1.54) is 6.20 Å². The van der Waals surface area contributed by atoms with Crippen molar-refractivity contribution in [1.29, 1.82) is 0 Å². The number of carbonyl (C=O) groups is 2. The van der Waals surface area contributed by atoms with E-state index in [4.69, 9.17) is 4.74 Å². The van der Waals surface area contributed by atoms with Crippen molar-refractivity contribution in [3.63, 3.8) is 0 Å². The van der Waals surface area contributed by atoms with Gasteiger partial charge in [0.25, 0.3) is 5.91 Å². The lowest BCUT2D eigenvalue weighted by Gasteiger charge is -2.34. The molecule has 0 saturated carbocycles. The lowest BCUT2D eigenvalue weighted by molar-refractivity contribution is 0.0933. The monoisotopic (exact) mass is 383 g/mol. The summed E-state index contributed by atoms with van der Waals surface area (Å²) < 4.78 is 5.02. The minimum Gasteiger partial charge on any atom is -0.450 e. The van der Waals surface area contributed by atoms with Crippen LogP contribution in [0.3, 0.4) is 0 Å². The first-order valence-electron chi connectivity index (χ1n) is 9.43. The number of carbonyl (C=O) groups excluding carboxylic acids is 2. The molecule has 1 N–H and O–H groups in total. The Morgan fingerprint density at radius 1 is 1.11 bits per heavy atom. The molecule has 0 spiro atoms. The summed E-state index contributed by atoms with van der Waals surface area (Å²) in [5.41, 5.74) is 1.30. The molecular formula is C20H25N5O3. The molecule has 0 radical (unpaired) electrons. The molecule has 1 unspecified atom stereocenters. The van der Waals surface area contributed by atoms with E-state index in [-0.39, 0.29) is 23.7 Å². The highest BCUT2D eigenvalue weighted by atomic mass is 16.6. The predicted octanol–water partition coefficient (Wildman–Crippen LogP) is 2.25. The third-order valence-corrected chi connectivity index (χ3v) is 4.65. The van der Waals surface area contributed by atoms with Gasteiger partial charge < -0.3 is 19.9 Å². The van der Waals surface area contributed by atoms with Gasteiger partial charge in [-0.3, -0.25) is 4.79 Å². The molecule has 0 bridgehead atoms. The molecular weight excluding hydrogens is 358 g/mol. The Morgan fingerprint density at radius 3 is 2.43 bits per heavy atom. The van der Waals surface area contributed by atoms with Crippen molar-refractivity contribution in [3.05, 3.63) is 54.0 Å². The number of hydrogen-bond donors (Lipinski definition) is 1. The number of piperazine rings is 1. The van der Waals surface area contributed by atoms with Gasteiger partial charge >= 0.3 is 6.09 Å². The maximum Gasteiger partial charge on any atom is 0.409 e. The fourth-order valence-electron chi connectivity index (χ4n) is 3.03. The Morgan fingerprint density at radius 2 is 1.82 bits per heavy atom. The Hall–Kier alpha value is -3.16. The second-order valence-electron chi connectivity index (χ2n) is 6.54. The zero-order chi connectivity index (χ0) is 19.9. The van der Waals surface area contributed by atoms with Crippen LogP contribution in [-0.4, -0.2) is 59.7 Å². The van der Waals surface area contributed by atoms with E-state index in [1.54, 1.807) is 18.0 Å². The van der Waals surface area contributed by atoms with Crippen LogP contribution in [0.4, 0.5) is 10.6 Å². The van der Waals surface area contributed by atoms with E-state index >= 15 is 0 Å². The maximum atomic E-state index is 12.4. The van der Waals surface area contributed by atoms with Crippen molar-refractivity contribution in [1.82, 2.24) is 20.2 Å².